The minimum Gasteiger partial charge on any atom is -0.468 e. The van der Waals surface area contributed by atoms with Gasteiger partial charge in [-0.25, -0.2) is 4.79 Å². The van der Waals surface area contributed by atoms with Gasteiger partial charge in [0.15, 0.2) is 0 Å². The minimum absolute atomic E-state index is 0.0791. The highest BCUT2D eigenvalue weighted by Crippen LogP contribution is 2.19. The molecule has 0 radical (unpaired) electrons. The molecule has 0 saturated carbocycles. The number of nitrogens with one attached hydrogen (secondary N) is 1. The van der Waals surface area contributed by atoms with Crippen LogP contribution in [0, 0.1) is 0 Å². The van der Waals surface area contributed by atoms with Crippen molar-refractivity contribution >= 4 is 17.9 Å². The zero-order chi connectivity index (χ0) is 14.0. The summed E-state index contributed by atoms with van der Waals surface area (Å²) < 4.78 is 4.64. The van der Waals surface area contributed by atoms with Gasteiger partial charge in [-0.05, 0) is 0 Å². The second-order valence-electron chi connectivity index (χ2n) is 4.64. The van der Waals surface area contributed by atoms with Crippen LogP contribution in [-0.2, 0) is 14.3 Å². The smallest absolute Gasteiger partial charge is 0.324 e. The molecule has 0 aromatic carbocycles. The van der Waals surface area contributed by atoms with Gasteiger partial charge < -0.3 is 15.2 Å². The average molecular weight is 271 g/mol. The van der Waals surface area contributed by atoms with E-state index in [4.69, 9.17) is 0 Å². The third-order valence-electron chi connectivity index (χ3n) is 3.35. The molecule has 2 unspecified atom stereocenters. The maximum atomic E-state index is 12.0. The Kier molecular flexibility index (Phi) is 4.01. The van der Waals surface area contributed by atoms with Gasteiger partial charge in [0.25, 0.3) is 0 Å². The van der Waals surface area contributed by atoms with Crippen molar-refractivity contribution in [1.82, 2.24) is 15.1 Å². The molecule has 2 atom stereocenters. The number of ether oxygens (including phenoxy) is 1. The molecule has 2 rings (SSSR count). The molecule has 2 aliphatic heterocycles. The average Bonchev–Trinajstić information content (AvgIpc) is 2.94. The number of aliphatic hydroxyl groups excluding tert-OH is 1. The van der Waals surface area contributed by atoms with Gasteiger partial charge in [0.2, 0.25) is 5.91 Å². The molecule has 3 amide bonds. The van der Waals surface area contributed by atoms with Crippen molar-refractivity contribution in [2.24, 2.45) is 0 Å². The number of hydrogen-bond acceptors (Lipinski definition) is 6. The van der Waals surface area contributed by atoms with Gasteiger partial charge in [-0.2, -0.15) is 0 Å². The van der Waals surface area contributed by atoms with E-state index >= 15 is 0 Å². The van der Waals surface area contributed by atoms with Crippen molar-refractivity contribution in [2.75, 3.05) is 33.3 Å². The summed E-state index contributed by atoms with van der Waals surface area (Å²) in [4.78, 5) is 37.5. The van der Waals surface area contributed by atoms with Crippen LogP contribution in [0.4, 0.5) is 4.79 Å². The topological polar surface area (TPSA) is 99.2 Å². The number of nitrogens with zero attached hydrogens (tertiary/aromatic N) is 2. The van der Waals surface area contributed by atoms with E-state index < -0.39 is 24.1 Å². The number of β-amino-alcohol motifs (C(OH)–C–C–N with tert-alkyl or cyclic N) is 1. The van der Waals surface area contributed by atoms with Gasteiger partial charge in [-0.15, -0.1) is 0 Å². The predicted octanol–water partition coefficient (Wildman–Crippen LogP) is -1.85. The van der Waals surface area contributed by atoms with Crippen LogP contribution >= 0.6 is 0 Å². The first-order chi connectivity index (χ1) is 9.02. The Hall–Kier alpha value is -1.67. The number of methoxy groups -OCH3 is 1. The Morgan fingerprint density at radius 2 is 2.26 bits per heavy atom. The molecular weight excluding hydrogens is 254 g/mol. The van der Waals surface area contributed by atoms with E-state index in [1.165, 1.54) is 7.11 Å². The summed E-state index contributed by atoms with van der Waals surface area (Å²) in [6.07, 6.45) is -0.420. The van der Waals surface area contributed by atoms with Crippen LogP contribution in [0.5, 0.6) is 0 Å². The number of urea groups is 1. The van der Waals surface area contributed by atoms with E-state index in [0.717, 1.165) is 4.90 Å². The highest BCUT2D eigenvalue weighted by molar-refractivity contribution is 5.97. The fraction of sp³-hybridized carbons (Fsp3) is 0.727. The third-order valence-corrected chi connectivity index (χ3v) is 3.35. The summed E-state index contributed by atoms with van der Waals surface area (Å²) in [6, 6.07) is -1.05. The van der Waals surface area contributed by atoms with Crippen molar-refractivity contribution in [3.8, 4) is 0 Å². The number of carbonyl (C=O) groups excluding carboxylic acids is 3. The summed E-state index contributed by atoms with van der Waals surface area (Å²) >= 11 is 0. The molecule has 8 heteroatoms. The molecule has 106 valence electrons. The molecule has 2 aliphatic rings. The maximum Gasteiger partial charge on any atom is 0.324 e. The van der Waals surface area contributed by atoms with E-state index in [-0.39, 0.29) is 25.4 Å². The molecular formula is C11H17N3O5. The second kappa shape index (κ2) is 5.54. The Morgan fingerprint density at radius 1 is 1.53 bits per heavy atom. The fourth-order valence-electron chi connectivity index (χ4n) is 2.40. The van der Waals surface area contributed by atoms with Crippen LogP contribution in [0.1, 0.15) is 6.42 Å². The summed E-state index contributed by atoms with van der Waals surface area (Å²) in [5, 5.41) is 12.1. The van der Waals surface area contributed by atoms with Crippen LogP contribution in [0.2, 0.25) is 0 Å². The summed E-state index contributed by atoms with van der Waals surface area (Å²) in [5.74, 6) is -0.853. The zero-order valence-corrected chi connectivity index (χ0v) is 10.7. The van der Waals surface area contributed by atoms with Crippen LogP contribution in [0.3, 0.4) is 0 Å². The van der Waals surface area contributed by atoms with Crippen LogP contribution in [-0.4, -0.2) is 78.2 Å². The number of likely N-dealkylation sites (tertiary alicyclic amines) is 1. The molecule has 19 heavy (non-hydrogen) atoms. The summed E-state index contributed by atoms with van der Waals surface area (Å²) in [5.41, 5.74) is 0. The molecule has 0 spiro atoms. The Morgan fingerprint density at radius 3 is 2.84 bits per heavy atom. The van der Waals surface area contributed by atoms with E-state index in [1.54, 1.807) is 4.90 Å². The number of hydrogen-bond donors (Lipinski definition) is 2. The molecule has 0 aliphatic carbocycles. The Balaban J connectivity index is 1.98. The lowest BCUT2D eigenvalue weighted by atomic mass is 10.2. The third kappa shape index (κ3) is 2.85. The lowest BCUT2D eigenvalue weighted by Gasteiger charge is -2.23. The first kappa shape index (κ1) is 13.8. The highest BCUT2D eigenvalue weighted by Gasteiger charge is 2.39. The van der Waals surface area contributed by atoms with Gasteiger partial charge in [-0.3, -0.25) is 19.4 Å². The molecule has 2 heterocycles. The van der Waals surface area contributed by atoms with Gasteiger partial charge in [0, 0.05) is 26.1 Å². The number of esters is 1. The lowest BCUT2D eigenvalue weighted by molar-refractivity contribution is -0.146. The largest absolute Gasteiger partial charge is 0.468 e. The van der Waals surface area contributed by atoms with E-state index in [2.05, 4.69) is 10.1 Å². The molecule has 0 aromatic rings. The van der Waals surface area contributed by atoms with Crippen LogP contribution in [0.25, 0.3) is 0 Å². The maximum absolute atomic E-state index is 12.0. The van der Waals surface area contributed by atoms with Crippen molar-refractivity contribution < 1.29 is 24.2 Å². The van der Waals surface area contributed by atoms with Crippen LogP contribution in [0.15, 0.2) is 0 Å². The summed E-state index contributed by atoms with van der Waals surface area (Å²) in [6.45, 7) is 0.912. The molecule has 0 aromatic heterocycles. The first-order valence-corrected chi connectivity index (χ1v) is 6.11. The number of aliphatic hydroxyl groups is 1. The quantitative estimate of drug-likeness (QED) is 0.584. The number of amides is 3. The van der Waals surface area contributed by atoms with Crippen molar-refractivity contribution in [1.29, 1.82) is 0 Å². The van der Waals surface area contributed by atoms with E-state index in [0.29, 0.717) is 13.1 Å². The molecule has 2 N–H and O–H groups in total. The molecule has 2 fully saturated rings. The van der Waals surface area contributed by atoms with E-state index in [9.17, 15) is 19.5 Å². The van der Waals surface area contributed by atoms with Gasteiger partial charge >= 0.3 is 12.0 Å². The minimum atomic E-state index is -0.663. The normalized spacial score (nSPS) is 27.5. The SMILES string of the molecule is COC(=O)C1CC(O)CN1CC(=O)N1CCNC1=O. The second-order valence-corrected chi connectivity index (χ2v) is 4.64. The van der Waals surface area contributed by atoms with E-state index in [1.807, 2.05) is 0 Å². The van der Waals surface area contributed by atoms with Gasteiger partial charge in [0.1, 0.15) is 6.04 Å². The highest BCUT2D eigenvalue weighted by atomic mass is 16.5. The van der Waals surface area contributed by atoms with Crippen molar-refractivity contribution in [3.05, 3.63) is 0 Å². The zero-order valence-electron chi connectivity index (χ0n) is 10.7. The monoisotopic (exact) mass is 271 g/mol. The van der Waals surface area contributed by atoms with Gasteiger partial charge in [-0.1, -0.05) is 0 Å². The predicted molar refractivity (Wildman–Crippen MR) is 63.1 cm³/mol. The molecule has 8 nitrogen and oxygen atoms in total. The Labute approximate surface area is 110 Å². The molecule has 0 bridgehead atoms. The lowest BCUT2D eigenvalue weighted by Crippen LogP contribution is -2.46. The molecule has 2 saturated heterocycles. The number of rotatable bonds is 3. The fourth-order valence-corrected chi connectivity index (χ4v) is 2.40. The number of imide groups is 1. The Bertz CT molecular complexity index is 400. The first-order valence-electron chi connectivity index (χ1n) is 6.11. The van der Waals surface area contributed by atoms with Gasteiger partial charge in [0.05, 0.1) is 19.8 Å². The van der Waals surface area contributed by atoms with Crippen LogP contribution < -0.4 is 5.32 Å². The standard InChI is InChI=1S/C11H17N3O5/c1-19-10(17)8-4-7(15)5-13(8)6-9(16)14-3-2-12-11(14)18/h7-8,15H,2-6H2,1H3,(H,12,18). The number of carbonyl (C=O) groups is 3. The van der Waals surface area contributed by atoms with Crippen molar-refractivity contribution in [2.45, 2.75) is 18.6 Å². The summed E-state index contributed by atoms with van der Waals surface area (Å²) in [7, 11) is 1.26. The van der Waals surface area contributed by atoms with Crippen molar-refractivity contribution in [3.63, 3.8) is 0 Å².